The molecule has 0 fully saturated rings. The fraction of sp³-hybridized carbons (Fsp3) is 0.588. The summed E-state index contributed by atoms with van der Waals surface area (Å²) in [7, 11) is 2.13. The third-order valence-electron chi connectivity index (χ3n) is 3.70. The molecule has 0 saturated carbocycles. The molecule has 0 bridgehead atoms. The average Bonchev–Trinajstić information content (AvgIpc) is 2.50. The van der Waals surface area contributed by atoms with Gasteiger partial charge in [-0.2, -0.15) is 5.26 Å². The van der Waals surface area contributed by atoms with E-state index in [2.05, 4.69) is 37.2 Å². The Kier molecular flexibility index (Phi) is 7.28. The number of nitrogens with zero attached hydrogens (tertiary/aromatic N) is 2. The van der Waals surface area contributed by atoms with E-state index in [1.54, 1.807) is 0 Å². The summed E-state index contributed by atoms with van der Waals surface area (Å²) in [5.74, 6) is 0. The maximum Gasteiger partial charge on any atom is 0.133 e. The SMILES string of the molecule is CCCCN(C)CCC(C#N)(NCC)c1ccccc1. The van der Waals surface area contributed by atoms with Gasteiger partial charge in [0.15, 0.2) is 0 Å². The van der Waals surface area contributed by atoms with Crippen molar-refractivity contribution in [1.82, 2.24) is 10.2 Å². The minimum atomic E-state index is -0.573. The van der Waals surface area contributed by atoms with Gasteiger partial charge in [0, 0.05) is 6.54 Å². The Morgan fingerprint density at radius 1 is 1.20 bits per heavy atom. The third kappa shape index (κ3) is 4.63. The molecule has 3 heteroatoms. The first-order chi connectivity index (χ1) is 9.68. The highest BCUT2D eigenvalue weighted by atomic mass is 15.1. The number of benzene rings is 1. The topological polar surface area (TPSA) is 39.1 Å². The molecule has 1 aromatic carbocycles. The number of nitrogens with one attached hydrogen (secondary N) is 1. The number of unbranched alkanes of at least 4 members (excludes halogenated alkanes) is 1. The van der Waals surface area contributed by atoms with Crippen LogP contribution < -0.4 is 5.32 Å². The summed E-state index contributed by atoms with van der Waals surface area (Å²) in [6.45, 7) is 7.07. The molecule has 0 aliphatic heterocycles. The van der Waals surface area contributed by atoms with Crippen LogP contribution in [0.25, 0.3) is 0 Å². The zero-order chi connectivity index (χ0) is 14.8. The van der Waals surface area contributed by atoms with E-state index in [-0.39, 0.29) is 0 Å². The molecular weight excluding hydrogens is 246 g/mol. The second-order valence-corrected chi connectivity index (χ2v) is 5.32. The molecule has 0 aliphatic rings. The van der Waals surface area contributed by atoms with E-state index in [9.17, 15) is 5.26 Å². The fourth-order valence-corrected chi connectivity index (χ4v) is 2.42. The number of nitriles is 1. The van der Waals surface area contributed by atoms with Gasteiger partial charge in [0.1, 0.15) is 5.54 Å². The van der Waals surface area contributed by atoms with Gasteiger partial charge in [-0.1, -0.05) is 50.6 Å². The first-order valence-electron chi connectivity index (χ1n) is 7.59. The van der Waals surface area contributed by atoms with Gasteiger partial charge >= 0.3 is 0 Å². The summed E-state index contributed by atoms with van der Waals surface area (Å²) in [5.41, 5.74) is 0.490. The Morgan fingerprint density at radius 2 is 1.90 bits per heavy atom. The van der Waals surface area contributed by atoms with Gasteiger partial charge in [-0.05, 0) is 38.5 Å². The van der Waals surface area contributed by atoms with Gasteiger partial charge in [-0.3, -0.25) is 5.32 Å². The van der Waals surface area contributed by atoms with Crippen molar-refractivity contribution in [3.05, 3.63) is 35.9 Å². The van der Waals surface area contributed by atoms with Gasteiger partial charge < -0.3 is 4.90 Å². The second kappa shape index (κ2) is 8.73. The van der Waals surface area contributed by atoms with E-state index in [0.29, 0.717) is 0 Å². The van der Waals surface area contributed by atoms with Gasteiger partial charge in [-0.15, -0.1) is 0 Å². The van der Waals surface area contributed by atoms with E-state index in [1.807, 2.05) is 30.3 Å². The van der Waals surface area contributed by atoms with Crippen molar-refractivity contribution < 1.29 is 0 Å². The van der Waals surface area contributed by atoms with Gasteiger partial charge in [-0.25, -0.2) is 0 Å². The molecule has 0 amide bonds. The molecule has 0 heterocycles. The molecule has 0 aliphatic carbocycles. The van der Waals surface area contributed by atoms with E-state index < -0.39 is 5.54 Å². The van der Waals surface area contributed by atoms with Crippen molar-refractivity contribution in [2.24, 2.45) is 0 Å². The molecule has 1 aromatic rings. The number of hydrogen-bond donors (Lipinski definition) is 1. The summed E-state index contributed by atoms with van der Waals surface area (Å²) in [5, 5.41) is 13.1. The van der Waals surface area contributed by atoms with E-state index in [4.69, 9.17) is 0 Å². The molecule has 1 N–H and O–H groups in total. The van der Waals surface area contributed by atoms with E-state index in [1.165, 1.54) is 12.8 Å². The molecule has 0 aromatic heterocycles. The third-order valence-corrected chi connectivity index (χ3v) is 3.70. The molecule has 3 nitrogen and oxygen atoms in total. The van der Waals surface area contributed by atoms with Crippen molar-refractivity contribution in [3.63, 3.8) is 0 Å². The van der Waals surface area contributed by atoms with Crippen LogP contribution >= 0.6 is 0 Å². The lowest BCUT2D eigenvalue weighted by Crippen LogP contribution is -2.43. The quantitative estimate of drug-likeness (QED) is 0.751. The molecule has 1 rings (SSSR count). The van der Waals surface area contributed by atoms with Crippen LogP contribution in [-0.2, 0) is 5.54 Å². The summed E-state index contributed by atoms with van der Waals surface area (Å²) in [6.07, 6.45) is 3.23. The predicted molar refractivity (Wildman–Crippen MR) is 84.4 cm³/mol. The molecule has 110 valence electrons. The van der Waals surface area contributed by atoms with Gasteiger partial charge in [0.2, 0.25) is 0 Å². The monoisotopic (exact) mass is 273 g/mol. The Labute approximate surface area is 123 Å². The molecule has 0 spiro atoms. The van der Waals surface area contributed by atoms with Crippen LogP contribution in [0.15, 0.2) is 30.3 Å². The zero-order valence-corrected chi connectivity index (χ0v) is 13.0. The number of hydrogen-bond acceptors (Lipinski definition) is 3. The fourth-order valence-electron chi connectivity index (χ4n) is 2.42. The highest BCUT2D eigenvalue weighted by Gasteiger charge is 2.31. The second-order valence-electron chi connectivity index (χ2n) is 5.32. The van der Waals surface area contributed by atoms with Crippen molar-refractivity contribution in [1.29, 1.82) is 5.26 Å². The molecule has 1 atom stereocenters. The highest BCUT2D eigenvalue weighted by Crippen LogP contribution is 2.24. The first-order valence-corrected chi connectivity index (χ1v) is 7.59. The largest absolute Gasteiger partial charge is 0.306 e. The summed E-state index contributed by atoms with van der Waals surface area (Å²) in [6, 6.07) is 12.6. The summed E-state index contributed by atoms with van der Waals surface area (Å²) >= 11 is 0. The maximum atomic E-state index is 9.72. The van der Waals surface area contributed by atoms with Crippen LogP contribution in [-0.4, -0.2) is 31.6 Å². The Bertz CT molecular complexity index is 410. The van der Waals surface area contributed by atoms with Crippen molar-refractivity contribution in [2.75, 3.05) is 26.7 Å². The smallest absolute Gasteiger partial charge is 0.133 e. The molecule has 0 radical (unpaired) electrons. The van der Waals surface area contributed by atoms with Crippen LogP contribution in [0.5, 0.6) is 0 Å². The van der Waals surface area contributed by atoms with Crippen LogP contribution in [0, 0.1) is 11.3 Å². The standard InChI is InChI=1S/C17H27N3/c1-4-6-13-20(3)14-12-17(15-18,19-5-2)16-10-8-7-9-11-16/h7-11,19H,4-6,12-14H2,1-3H3. The normalized spacial score (nSPS) is 13.9. The lowest BCUT2D eigenvalue weighted by molar-refractivity contribution is 0.279. The Hall–Kier alpha value is -1.37. The first kappa shape index (κ1) is 16.7. The summed E-state index contributed by atoms with van der Waals surface area (Å²) in [4.78, 5) is 2.32. The van der Waals surface area contributed by atoms with E-state index in [0.717, 1.165) is 31.6 Å². The zero-order valence-electron chi connectivity index (χ0n) is 13.0. The van der Waals surface area contributed by atoms with Crippen LogP contribution in [0.2, 0.25) is 0 Å². The molecular formula is C17H27N3. The molecule has 1 unspecified atom stereocenters. The minimum absolute atomic E-state index is 0.573. The Morgan fingerprint density at radius 3 is 2.45 bits per heavy atom. The van der Waals surface area contributed by atoms with Crippen molar-refractivity contribution >= 4 is 0 Å². The van der Waals surface area contributed by atoms with Crippen LogP contribution in [0.1, 0.15) is 38.7 Å². The average molecular weight is 273 g/mol. The lowest BCUT2D eigenvalue weighted by atomic mass is 9.87. The van der Waals surface area contributed by atoms with Crippen LogP contribution in [0.4, 0.5) is 0 Å². The van der Waals surface area contributed by atoms with E-state index >= 15 is 0 Å². The number of rotatable bonds is 9. The maximum absolute atomic E-state index is 9.72. The predicted octanol–water partition coefficient (Wildman–Crippen LogP) is 3.14. The highest BCUT2D eigenvalue weighted by molar-refractivity contribution is 5.31. The summed E-state index contributed by atoms with van der Waals surface area (Å²) < 4.78 is 0. The van der Waals surface area contributed by atoms with Gasteiger partial charge in [0.05, 0.1) is 6.07 Å². The van der Waals surface area contributed by atoms with Crippen LogP contribution in [0.3, 0.4) is 0 Å². The minimum Gasteiger partial charge on any atom is -0.306 e. The Balaban J connectivity index is 2.77. The lowest BCUT2D eigenvalue weighted by Gasteiger charge is -2.30. The van der Waals surface area contributed by atoms with Crippen molar-refractivity contribution in [2.45, 2.75) is 38.6 Å². The molecule has 0 saturated heterocycles. The van der Waals surface area contributed by atoms with Crippen molar-refractivity contribution in [3.8, 4) is 6.07 Å². The molecule has 20 heavy (non-hydrogen) atoms. The van der Waals surface area contributed by atoms with Gasteiger partial charge in [0.25, 0.3) is 0 Å².